The quantitative estimate of drug-likeness (QED) is 0.223. The van der Waals surface area contributed by atoms with Crippen LogP contribution in [0.25, 0.3) is 10.9 Å². The maximum absolute atomic E-state index is 9.84. The Morgan fingerprint density at radius 1 is 1.03 bits per heavy atom. The summed E-state index contributed by atoms with van der Waals surface area (Å²) < 4.78 is 1.82. The third-order valence-corrected chi connectivity index (χ3v) is 6.69. The van der Waals surface area contributed by atoms with Crippen LogP contribution in [0.15, 0.2) is 67.1 Å². The van der Waals surface area contributed by atoms with Crippen molar-refractivity contribution in [1.82, 2.24) is 25.0 Å². The van der Waals surface area contributed by atoms with Crippen LogP contribution in [0.5, 0.6) is 0 Å². The first-order valence-corrected chi connectivity index (χ1v) is 12.7. The highest BCUT2D eigenvalue weighted by Gasteiger charge is 2.22. The van der Waals surface area contributed by atoms with E-state index in [1.54, 1.807) is 18.3 Å². The van der Waals surface area contributed by atoms with Gasteiger partial charge in [0.2, 0.25) is 0 Å². The van der Waals surface area contributed by atoms with Crippen LogP contribution < -0.4 is 10.6 Å². The minimum atomic E-state index is -0.346. The Balaban J connectivity index is 1.63. The first kappa shape index (κ1) is 25.5. The van der Waals surface area contributed by atoms with Gasteiger partial charge in [-0.2, -0.15) is 5.26 Å². The second kappa shape index (κ2) is 10.7. The number of hydrogen-bond donors (Lipinski definition) is 2. The van der Waals surface area contributed by atoms with E-state index in [0.717, 1.165) is 28.3 Å². The molecule has 0 bridgehead atoms. The van der Waals surface area contributed by atoms with E-state index >= 15 is 0 Å². The van der Waals surface area contributed by atoms with Crippen LogP contribution in [0.4, 0.5) is 17.1 Å². The molecule has 0 aliphatic heterocycles. The Labute approximate surface area is 230 Å². The van der Waals surface area contributed by atoms with Crippen molar-refractivity contribution >= 4 is 51.2 Å². The van der Waals surface area contributed by atoms with Crippen LogP contribution in [0.1, 0.15) is 48.4 Å². The zero-order chi connectivity index (χ0) is 26.8. The van der Waals surface area contributed by atoms with Gasteiger partial charge in [0, 0.05) is 51.5 Å². The highest BCUT2D eigenvalue weighted by Crippen LogP contribution is 2.37. The van der Waals surface area contributed by atoms with E-state index < -0.39 is 0 Å². The molecule has 2 N–H and O–H groups in total. The van der Waals surface area contributed by atoms with Gasteiger partial charge in [-0.25, -0.2) is 4.68 Å². The molecule has 10 heteroatoms. The first-order valence-electron chi connectivity index (χ1n) is 12.0. The fourth-order valence-corrected chi connectivity index (χ4v) is 4.69. The summed E-state index contributed by atoms with van der Waals surface area (Å²) in [5.41, 5.74) is 5.57. The number of nitrogens with zero attached hydrogens (tertiary/aromatic N) is 6. The molecule has 0 saturated carbocycles. The van der Waals surface area contributed by atoms with Gasteiger partial charge < -0.3 is 10.6 Å². The SMILES string of the molecule is Cc1ncccc1C(Nc1cc(Cl)c2ncc(C#N)c(Nc3cccc(Cl)c3)c2c1)c1cn(C(C)C)nn1. The zero-order valence-corrected chi connectivity index (χ0v) is 22.5. The van der Waals surface area contributed by atoms with Gasteiger partial charge in [0.15, 0.2) is 0 Å². The van der Waals surface area contributed by atoms with Crippen molar-refractivity contribution in [2.45, 2.75) is 32.9 Å². The Bertz CT molecular complexity index is 1670. The highest BCUT2D eigenvalue weighted by molar-refractivity contribution is 6.36. The molecular weight excluding hydrogens is 519 g/mol. The summed E-state index contributed by atoms with van der Waals surface area (Å²) in [5, 5.41) is 27.2. The topological polar surface area (TPSA) is 104 Å². The predicted octanol–water partition coefficient (Wildman–Crippen LogP) is 7.23. The average Bonchev–Trinajstić information content (AvgIpc) is 3.39. The molecule has 8 nitrogen and oxygen atoms in total. The molecule has 5 aromatic rings. The number of fused-ring (bicyclic) bond motifs is 1. The van der Waals surface area contributed by atoms with E-state index in [1.165, 1.54) is 6.20 Å². The van der Waals surface area contributed by atoms with E-state index in [0.29, 0.717) is 32.2 Å². The maximum atomic E-state index is 9.84. The van der Waals surface area contributed by atoms with Gasteiger partial charge in [-0.3, -0.25) is 9.97 Å². The Morgan fingerprint density at radius 3 is 2.58 bits per heavy atom. The van der Waals surface area contributed by atoms with Crippen molar-refractivity contribution in [3.05, 3.63) is 99.7 Å². The minimum absolute atomic E-state index is 0.164. The number of nitriles is 1. The van der Waals surface area contributed by atoms with Crippen LogP contribution in [0.2, 0.25) is 10.0 Å². The van der Waals surface area contributed by atoms with E-state index in [-0.39, 0.29) is 12.1 Å². The lowest BCUT2D eigenvalue weighted by Crippen LogP contribution is -2.15. The Hall–Kier alpha value is -4.19. The molecule has 3 aromatic heterocycles. The summed E-state index contributed by atoms with van der Waals surface area (Å²) in [4.78, 5) is 8.94. The van der Waals surface area contributed by atoms with E-state index in [2.05, 4.69) is 37.0 Å². The highest BCUT2D eigenvalue weighted by atomic mass is 35.5. The van der Waals surface area contributed by atoms with E-state index in [1.807, 2.05) is 68.0 Å². The lowest BCUT2D eigenvalue weighted by molar-refractivity contribution is 0.514. The number of rotatable bonds is 7. The number of aryl methyl sites for hydroxylation is 1. The molecular formula is C28H24Cl2N8. The van der Waals surface area contributed by atoms with E-state index in [9.17, 15) is 5.26 Å². The van der Waals surface area contributed by atoms with Gasteiger partial charge in [0.25, 0.3) is 0 Å². The molecule has 2 aromatic carbocycles. The van der Waals surface area contributed by atoms with Crippen molar-refractivity contribution in [2.75, 3.05) is 10.6 Å². The molecule has 1 atom stereocenters. The number of hydrogen-bond acceptors (Lipinski definition) is 7. The number of pyridine rings is 2. The molecule has 1 unspecified atom stereocenters. The van der Waals surface area contributed by atoms with Crippen LogP contribution in [0.3, 0.4) is 0 Å². The van der Waals surface area contributed by atoms with Gasteiger partial charge in [-0.05, 0) is 57.2 Å². The van der Waals surface area contributed by atoms with Crippen molar-refractivity contribution in [3.63, 3.8) is 0 Å². The van der Waals surface area contributed by atoms with Crippen LogP contribution >= 0.6 is 23.2 Å². The predicted molar refractivity (Wildman–Crippen MR) is 151 cm³/mol. The standard InChI is InChI=1S/C28H24Cl2N8/c1-16(2)38-15-25(36-37-38)28(22-8-5-9-32-17(22)3)35-21-11-23-26(34-20-7-4-6-19(29)10-20)18(13-31)14-33-27(23)24(30)12-21/h4-12,14-16,28,35H,1-3H3,(H,33,34). The molecule has 190 valence electrons. The number of anilines is 3. The van der Waals surface area contributed by atoms with Gasteiger partial charge in [-0.15, -0.1) is 5.10 Å². The normalized spacial score (nSPS) is 11.9. The third kappa shape index (κ3) is 5.12. The summed E-state index contributed by atoms with van der Waals surface area (Å²) in [5.74, 6) is 0. The summed E-state index contributed by atoms with van der Waals surface area (Å²) in [6, 6.07) is 17.0. The summed E-state index contributed by atoms with van der Waals surface area (Å²) in [6.07, 6.45) is 5.20. The fraction of sp³-hybridized carbons (Fsp3) is 0.179. The second-order valence-corrected chi connectivity index (χ2v) is 9.96. The molecule has 0 spiro atoms. The molecule has 0 radical (unpaired) electrons. The van der Waals surface area contributed by atoms with Gasteiger partial charge in [-0.1, -0.05) is 40.5 Å². The average molecular weight is 543 g/mol. The molecule has 0 amide bonds. The lowest BCUT2D eigenvalue weighted by Gasteiger charge is -2.21. The van der Waals surface area contributed by atoms with Gasteiger partial charge in [0.05, 0.1) is 34.0 Å². The lowest BCUT2D eigenvalue weighted by atomic mass is 10.0. The Morgan fingerprint density at radius 2 is 1.87 bits per heavy atom. The summed E-state index contributed by atoms with van der Waals surface area (Å²) in [6.45, 7) is 6.06. The minimum Gasteiger partial charge on any atom is -0.373 e. The van der Waals surface area contributed by atoms with Crippen LogP contribution in [-0.4, -0.2) is 25.0 Å². The van der Waals surface area contributed by atoms with Crippen molar-refractivity contribution in [3.8, 4) is 6.07 Å². The van der Waals surface area contributed by atoms with E-state index in [4.69, 9.17) is 23.2 Å². The smallest absolute Gasteiger partial charge is 0.110 e. The second-order valence-electron chi connectivity index (χ2n) is 9.12. The molecule has 5 rings (SSSR count). The largest absolute Gasteiger partial charge is 0.373 e. The van der Waals surface area contributed by atoms with Crippen molar-refractivity contribution in [1.29, 1.82) is 5.26 Å². The van der Waals surface area contributed by atoms with Gasteiger partial charge in [0.1, 0.15) is 11.8 Å². The maximum Gasteiger partial charge on any atom is 0.110 e. The molecule has 0 aliphatic carbocycles. The van der Waals surface area contributed by atoms with Crippen LogP contribution in [0, 0.1) is 18.3 Å². The zero-order valence-electron chi connectivity index (χ0n) is 20.9. The monoisotopic (exact) mass is 542 g/mol. The third-order valence-electron chi connectivity index (χ3n) is 6.16. The van der Waals surface area contributed by atoms with Crippen molar-refractivity contribution < 1.29 is 0 Å². The summed E-state index contributed by atoms with van der Waals surface area (Å²) in [7, 11) is 0. The summed E-state index contributed by atoms with van der Waals surface area (Å²) >= 11 is 12.9. The number of nitrogens with one attached hydrogen (secondary N) is 2. The molecule has 0 fully saturated rings. The number of halogens is 2. The van der Waals surface area contributed by atoms with Gasteiger partial charge >= 0.3 is 0 Å². The molecule has 0 saturated heterocycles. The molecule has 3 heterocycles. The Kier molecular flexibility index (Phi) is 7.14. The fourth-order valence-electron chi connectivity index (χ4n) is 4.23. The molecule has 38 heavy (non-hydrogen) atoms. The molecule has 0 aliphatic rings. The van der Waals surface area contributed by atoms with Crippen LogP contribution in [-0.2, 0) is 0 Å². The number of benzene rings is 2. The number of aromatic nitrogens is 5. The first-order chi connectivity index (χ1) is 18.3. The van der Waals surface area contributed by atoms with Crippen molar-refractivity contribution in [2.24, 2.45) is 0 Å².